The van der Waals surface area contributed by atoms with E-state index in [-0.39, 0.29) is 4.75 Å². The highest BCUT2D eigenvalue weighted by atomic mass is 79.9. The first-order chi connectivity index (χ1) is 8.88. The third kappa shape index (κ3) is 3.89. The quantitative estimate of drug-likeness (QED) is 0.791. The van der Waals surface area contributed by atoms with Crippen LogP contribution >= 0.6 is 15.9 Å². The highest BCUT2D eigenvalue weighted by Gasteiger charge is 2.30. The lowest BCUT2D eigenvalue weighted by Gasteiger charge is -2.35. The van der Waals surface area contributed by atoms with Gasteiger partial charge in [-0.3, -0.25) is 0 Å². The van der Waals surface area contributed by atoms with Crippen LogP contribution in [0.4, 0.5) is 0 Å². The Balaban J connectivity index is 2.09. The van der Waals surface area contributed by atoms with Crippen molar-refractivity contribution in [2.75, 3.05) is 13.1 Å². The standard InChI is InChI=1S/C15H22BrNOS/c1-15(2,3)19(18)17-10-4-5-13(11-17)12-6-8-14(16)9-7-12/h6-9,13H,4-5,10-11H2,1-3H3/t13-,19+/m1/s1. The Morgan fingerprint density at radius 1 is 1.26 bits per heavy atom. The predicted molar refractivity (Wildman–Crippen MR) is 85.6 cm³/mol. The second-order valence-corrected chi connectivity index (χ2v) is 9.30. The average Bonchev–Trinajstić information content (AvgIpc) is 2.38. The number of hydrogen-bond acceptors (Lipinski definition) is 1. The molecule has 1 aliphatic heterocycles. The van der Waals surface area contributed by atoms with Gasteiger partial charge in [-0.1, -0.05) is 28.1 Å². The molecular formula is C15H22BrNOS. The lowest BCUT2D eigenvalue weighted by atomic mass is 9.92. The van der Waals surface area contributed by atoms with Gasteiger partial charge in [0.25, 0.3) is 0 Å². The fourth-order valence-electron chi connectivity index (χ4n) is 2.49. The van der Waals surface area contributed by atoms with E-state index in [4.69, 9.17) is 0 Å². The molecule has 0 saturated carbocycles. The molecule has 0 unspecified atom stereocenters. The smallest absolute Gasteiger partial charge is 0.0997 e. The van der Waals surface area contributed by atoms with Gasteiger partial charge in [-0.05, 0) is 57.2 Å². The van der Waals surface area contributed by atoms with Gasteiger partial charge in [-0.15, -0.1) is 0 Å². The lowest BCUT2D eigenvalue weighted by molar-refractivity contribution is 0.325. The lowest BCUT2D eigenvalue weighted by Crippen LogP contribution is -2.42. The summed E-state index contributed by atoms with van der Waals surface area (Å²) >= 11 is 3.47. The van der Waals surface area contributed by atoms with E-state index >= 15 is 0 Å². The summed E-state index contributed by atoms with van der Waals surface area (Å²) in [4.78, 5) is 0. The number of piperidine rings is 1. The molecule has 1 aromatic carbocycles. The number of rotatable bonds is 2. The van der Waals surface area contributed by atoms with Crippen LogP contribution < -0.4 is 0 Å². The van der Waals surface area contributed by atoms with E-state index in [2.05, 4.69) is 44.5 Å². The van der Waals surface area contributed by atoms with Gasteiger partial charge in [0.1, 0.15) is 0 Å². The second kappa shape index (κ2) is 6.06. The van der Waals surface area contributed by atoms with Gasteiger partial charge in [0.2, 0.25) is 0 Å². The first-order valence-corrected chi connectivity index (χ1v) is 8.70. The zero-order valence-electron chi connectivity index (χ0n) is 11.9. The van der Waals surface area contributed by atoms with Crippen LogP contribution in [0.1, 0.15) is 45.1 Å². The van der Waals surface area contributed by atoms with Crippen molar-refractivity contribution < 1.29 is 4.21 Å². The molecule has 0 spiro atoms. The van der Waals surface area contributed by atoms with E-state index < -0.39 is 11.0 Å². The fourth-order valence-corrected chi connectivity index (χ4v) is 4.14. The predicted octanol–water partition coefficient (Wildman–Crippen LogP) is 4.09. The average molecular weight is 344 g/mol. The molecule has 1 heterocycles. The van der Waals surface area contributed by atoms with Gasteiger partial charge in [0.05, 0.1) is 15.7 Å². The normalized spacial score (nSPS) is 23.3. The molecule has 1 aromatic rings. The SMILES string of the molecule is CC(C)(C)[S@](=O)N1CCC[C@@H](c2ccc(Br)cc2)C1. The maximum absolute atomic E-state index is 12.5. The molecule has 2 atom stereocenters. The number of benzene rings is 1. The minimum Gasteiger partial charge on any atom is -0.242 e. The summed E-state index contributed by atoms with van der Waals surface area (Å²) < 4.78 is 15.6. The van der Waals surface area contributed by atoms with Crippen LogP contribution in [0.25, 0.3) is 0 Å². The van der Waals surface area contributed by atoms with Crippen LogP contribution in [0.5, 0.6) is 0 Å². The van der Waals surface area contributed by atoms with Gasteiger partial charge < -0.3 is 0 Å². The topological polar surface area (TPSA) is 20.3 Å². The van der Waals surface area contributed by atoms with E-state index in [9.17, 15) is 4.21 Å². The largest absolute Gasteiger partial charge is 0.242 e. The molecule has 2 rings (SSSR count). The molecule has 0 N–H and O–H groups in total. The molecule has 0 amide bonds. The molecule has 0 aliphatic carbocycles. The second-order valence-electron chi connectivity index (χ2n) is 6.14. The van der Waals surface area contributed by atoms with E-state index in [1.165, 1.54) is 12.0 Å². The number of nitrogens with zero attached hydrogens (tertiary/aromatic N) is 1. The minimum atomic E-state index is -0.899. The van der Waals surface area contributed by atoms with Crippen molar-refractivity contribution >= 4 is 26.9 Å². The van der Waals surface area contributed by atoms with Crippen molar-refractivity contribution in [3.8, 4) is 0 Å². The highest BCUT2D eigenvalue weighted by Crippen LogP contribution is 2.30. The van der Waals surface area contributed by atoms with E-state index in [1.54, 1.807) is 0 Å². The molecule has 2 nitrogen and oxygen atoms in total. The summed E-state index contributed by atoms with van der Waals surface area (Å²) in [5.74, 6) is 0.508. The van der Waals surface area contributed by atoms with Crippen molar-refractivity contribution in [2.45, 2.75) is 44.3 Å². The molecule has 0 bridgehead atoms. The van der Waals surface area contributed by atoms with Crippen LogP contribution in [-0.2, 0) is 11.0 Å². The number of hydrogen-bond donors (Lipinski definition) is 0. The molecule has 1 aliphatic rings. The third-order valence-electron chi connectivity index (χ3n) is 3.48. The van der Waals surface area contributed by atoms with Crippen molar-refractivity contribution in [1.29, 1.82) is 0 Å². The van der Waals surface area contributed by atoms with Crippen molar-refractivity contribution in [1.82, 2.24) is 4.31 Å². The van der Waals surface area contributed by atoms with Crippen LogP contribution in [-0.4, -0.2) is 26.4 Å². The first kappa shape index (κ1) is 15.2. The molecule has 1 fully saturated rings. The summed E-state index contributed by atoms with van der Waals surface area (Å²) in [6, 6.07) is 8.54. The summed E-state index contributed by atoms with van der Waals surface area (Å²) in [7, 11) is -0.899. The Morgan fingerprint density at radius 2 is 1.89 bits per heavy atom. The van der Waals surface area contributed by atoms with Gasteiger partial charge in [-0.2, -0.15) is 0 Å². The van der Waals surface area contributed by atoms with Crippen LogP contribution in [0, 0.1) is 0 Å². The van der Waals surface area contributed by atoms with Crippen molar-refractivity contribution in [3.05, 3.63) is 34.3 Å². The summed E-state index contributed by atoms with van der Waals surface area (Å²) in [6.45, 7) is 8.01. The molecule has 4 heteroatoms. The van der Waals surface area contributed by atoms with Crippen LogP contribution in [0.3, 0.4) is 0 Å². The van der Waals surface area contributed by atoms with E-state index in [1.807, 2.05) is 20.8 Å². The zero-order chi connectivity index (χ0) is 14.0. The third-order valence-corrected chi connectivity index (χ3v) is 5.86. The summed E-state index contributed by atoms with van der Waals surface area (Å²) in [5, 5.41) is 0. The Kier molecular flexibility index (Phi) is 4.85. The maximum atomic E-state index is 12.5. The first-order valence-electron chi connectivity index (χ1n) is 6.80. The monoisotopic (exact) mass is 343 g/mol. The number of halogens is 1. The summed E-state index contributed by atoms with van der Waals surface area (Å²) in [5.41, 5.74) is 1.36. The van der Waals surface area contributed by atoms with Crippen LogP contribution in [0.15, 0.2) is 28.7 Å². The maximum Gasteiger partial charge on any atom is 0.0997 e. The van der Waals surface area contributed by atoms with Crippen molar-refractivity contribution in [2.24, 2.45) is 0 Å². The van der Waals surface area contributed by atoms with Gasteiger partial charge in [0.15, 0.2) is 0 Å². The Labute approximate surface area is 127 Å². The molecule has 0 aromatic heterocycles. The Hall–Kier alpha value is -0.190. The Morgan fingerprint density at radius 3 is 2.47 bits per heavy atom. The molecule has 1 saturated heterocycles. The zero-order valence-corrected chi connectivity index (χ0v) is 14.3. The minimum absolute atomic E-state index is 0.165. The van der Waals surface area contributed by atoms with Gasteiger partial charge in [-0.25, -0.2) is 8.51 Å². The molecular weight excluding hydrogens is 322 g/mol. The van der Waals surface area contributed by atoms with E-state index in [0.717, 1.165) is 24.0 Å². The molecule has 19 heavy (non-hydrogen) atoms. The Bertz CT molecular complexity index is 452. The molecule has 106 valence electrons. The van der Waals surface area contributed by atoms with E-state index in [0.29, 0.717) is 5.92 Å². The highest BCUT2D eigenvalue weighted by molar-refractivity contribution is 9.10. The van der Waals surface area contributed by atoms with Crippen molar-refractivity contribution in [3.63, 3.8) is 0 Å². The van der Waals surface area contributed by atoms with Crippen LogP contribution in [0.2, 0.25) is 0 Å². The van der Waals surface area contributed by atoms with Gasteiger partial charge >= 0.3 is 0 Å². The van der Waals surface area contributed by atoms with Gasteiger partial charge in [0, 0.05) is 17.6 Å². The summed E-state index contributed by atoms with van der Waals surface area (Å²) in [6.07, 6.45) is 2.32. The fraction of sp³-hybridized carbons (Fsp3) is 0.600. The molecule has 0 radical (unpaired) electrons.